The molecule has 0 spiro atoms. The lowest BCUT2D eigenvalue weighted by Crippen LogP contribution is -2.48. The van der Waals surface area contributed by atoms with Gasteiger partial charge in [0.2, 0.25) is 0 Å². The number of fused-ring (bicyclic) bond motifs is 3. The summed E-state index contributed by atoms with van der Waals surface area (Å²) in [5.74, 6) is -0.0706. The van der Waals surface area contributed by atoms with Gasteiger partial charge in [-0.15, -0.1) is 12.4 Å². The predicted molar refractivity (Wildman–Crippen MR) is 107 cm³/mol. The van der Waals surface area contributed by atoms with Crippen molar-refractivity contribution in [3.05, 3.63) is 44.6 Å². The first-order chi connectivity index (χ1) is 12.5. The molecule has 3 heterocycles. The van der Waals surface area contributed by atoms with Crippen molar-refractivity contribution in [3.8, 4) is 0 Å². The Morgan fingerprint density at radius 1 is 1.22 bits per heavy atom. The van der Waals surface area contributed by atoms with Crippen LogP contribution in [0.2, 0.25) is 0 Å². The number of hydrogen-bond donors (Lipinski definition) is 2. The highest BCUT2D eigenvalue weighted by molar-refractivity contribution is 5.97. The van der Waals surface area contributed by atoms with Crippen molar-refractivity contribution in [3.63, 3.8) is 0 Å². The number of halogens is 1. The molecule has 2 N–H and O–H groups in total. The van der Waals surface area contributed by atoms with Crippen molar-refractivity contribution in [2.45, 2.75) is 57.3 Å². The molecule has 2 atom stereocenters. The van der Waals surface area contributed by atoms with Crippen LogP contribution in [0.4, 0.5) is 0 Å². The molecule has 1 amide bonds. The van der Waals surface area contributed by atoms with E-state index in [1.54, 1.807) is 25.1 Å². The normalized spacial score (nSPS) is 23.9. The summed E-state index contributed by atoms with van der Waals surface area (Å²) in [5.41, 5.74) is 0.135. The number of benzene rings is 1. The lowest BCUT2D eigenvalue weighted by molar-refractivity contribution is 0.0682. The molecule has 7 nitrogen and oxygen atoms in total. The number of rotatable bonds is 3. The van der Waals surface area contributed by atoms with Crippen LogP contribution >= 0.6 is 12.4 Å². The van der Waals surface area contributed by atoms with Crippen LogP contribution in [0, 0.1) is 0 Å². The zero-order chi connectivity index (χ0) is 18.4. The van der Waals surface area contributed by atoms with Gasteiger partial charge >= 0.3 is 5.69 Å². The van der Waals surface area contributed by atoms with Gasteiger partial charge in [-0.1, -0.05) is 0 Å². The molecule has 0 saturated carbocycles. The molecule has 0 aliphatic carbocycles. The topological polar surface area (TPSA) is 87.2 Å². The quantitative estimate of drug-likeness (QED) is 0.828. The fourth-order valence-corrected chi connectivity index (χ4v) is 4.39. The van der Waals surface area contributed by atoms with E-state index in [2.05, 4.69) is 10.3 Å². The van der Waals surface area contributed by atoms with E-state index in [1.165, 1.54) is 12.8 Å². The van der Waals surface area contributed by atoms with E-state index in [1.807, 2.05) is 11.9 Å². The van der Waals surface area contributed by atoms with E-state index in [9.17, 15) is 14.4 Å². The summed E-state index contributed by atoms with van der Waals surface area (Å²) >= 11 is 0. The highest BCUT2D eigenvalue weighted by Gasteiger charge is 2.36. The zero-order valence-electron chi connectivity index (χ0n) is 15.5. The van der Waals surface area contributed by atoms with Gasteiger partial charge in [-0.25, -0.2) is 4.79 Å². The Balaban J connectivity index is 0.00000210. The second kappa shape index (κ2) is 7.48. The van der Waals surface area contributed by atoms with Gasteiger partial charge in [0.15, 0.2) is 0 Å². The average molecular weight is 393 g/mol. The van der Waals surface area contributed by atoms with E-state index in [4.69, 9.17) is 0 Å². The number of amides is 1. The summed E-state index contributed by atoms with van der Waals surface area (Å²) in [4.78, 5) is 41.9. The Kier molecular flexibility index (Phi) is 5.44. The van der Waals surface area contributed by atoms with E-state index < -0.39 is 5.69 Å². The second-order valence-corrected chi connectivity index (χ2v) is 7.42. The minimum absolute atomic E-state index is 0. The molecular weight excluding hydrogens is 368 g/mol. The first-order valence-electron chi connectivity index (χ1n) is 9.28. The molecule has 4 rings (SSSR count). The third-order valence-corrected chi connectivity index (χ3v) is 5.86. The number of aromatic amines is 1. The number of aromatic nitrogens is 2. The number of carbonyl (C=O) groups is 1. The summed E-state index contributed by atoms with van der Waals surface area (Å²) in [6, 6.07) is 6.17. The maximum absolute atomic E-state index is 12.9. The Bertz CT molecular complexity index is 971. The fraction of sp³-hybridized carbons (Fsp3) is 0.526. The highest BCUT2D eigenvalue weighted by Crippen LogP contribution is 2.30. The third-order valence-electron chi connectivity index (χ3n) is 5.86. The van der Waals surface area contributed by atoms with E-state index >= 15 is 0 Å². The number of H-pyrrole nitrogens is 1. The van der Waals surface area contributed by atoms with Crippen LogP contribution in [-0.4, -0.2) is 45.5 Å². The maximum atomic E-state index is 12.9. The van der Waals surface area contributed by atoms with Crippen LogP contribution in [0.15, 0.2) is 27.8 Å². The average Bonchev–Trinajstić information content (AvgIpc) is 2.98. The lowest BCUT2D eigenvalue weighted by atomic mass is 9.98. The van der Waals surface area contributed by atoms with Crippen molar-refractivity contribution in [2.75, 3.05) is 7.05 Å². The van der Waals surface area contributed by atoms with E-state index in [-0.39, 0.29) is 29.9 Å². The van der Waals surface area contributed by atoms with Gasteiger partial charge in [-0.3, -0.25) is 14.2 Å². The molecule has 2 aromatic rings. The van der Waals surface area contributed by atoms with Crippen LogP contribution in [0.25, 0.3) is 10.9 Å². The van der Waals surface area contributed by atoms with E-state index in [0.29, 0.717) is 35.1 Å². The lowest BCUT2D eigenvalue weighted by Gasteiger charge is -2.35. The first kappa shape index (κ1) is 19.6. The van der Waals surface area contributed by atoms with Crippen LogP contribution < -0.4 is 16.6 Å². The van der Waals surface area contributed by atoms with Crippen molar-refractivity contribution in [2.24, 2.45) is 0 Å². The van der Waals surface area contributed by atoms with Crippen molar-refractivity contribution in [1.29, 1.82) is 0 Å². The molecule has 1 aromatic heterocycles. The molecule has 27 heavy (non-hydrogen) atoms. The molecule has 2 saturated heterocycles. The summed E-state index contributed by atoms with van der Waals surface area (Å²) in [5, 5.41) is 4.01. The molecule has 2 unspecified atom stereocenters. The molecule has 1 aromatic carbocycles. The summed E-state index contributed by atoms with van der Waals surface area (Å²) in [6.07, 6.45) is 4.32. The number of hydrogen-bond acceptors (Lipinski definition) is 4. The maximum Gasteiger partial charge on any atom is 0.328 e. The highest BCUT2D eigenvalue weighted by atomic mass is 35.5. The van der Waals surface area contributed by atoms with Gasteiger partial charge in [-0.05, 0) is 50.8 Å². The molecule has 146 valence electrons. The van der Waals surface area contributed by atoms with Gasteiger partial charge in [0, 0.05) is 37.3 Å². The minimum atomic E-state index is -0.446. The summed E-state index contributed by atoms with van der Waals surface area (Å²) in [7, 11) is 1.85. The minimum Gasteiger partial charge on any atom is -0.339 e. The fourth-order valence-electron chi connectivity index (χ4n) is 4.39. The number of carbonyl (C=O) groups excluding carboxylic acids is 1. The van der Waals surface area contributed by atoms with Crippen LogP contribution in [-0.2, 0) is 6.54 Å². The zero-order valence-corrected chi connectivity index (χ0v) is 16.3. The Labute approximate surface area is 163 Å². The molecular formula is C19H25ClN4O3. The van der Waals surface area contributed by atoms with E-state index in [0.717, 1.165) is 17.4 Å². The van der Waals surface area contributed by atoms with Gasteiger partial charge in [0.05, 0.1) is 10.9 Å². The standard InChI is InChI=1S/C19H24N4O3.ClH/c1-3-23-18(25)15-7-4-11(8-16(15)21-19(23)26)17(24)22(2)14-9-12-5-6-13(10-14)20-12;/h4,7-8,12-14,20H,3,5-6,9-10H2,1-2H3,(H,21,26);1H. The van der Waals surface area contributed by atoms with Crippen LogP contribution in [0.1, 0.15) is 43.0 Å². The molecule has 2 fully saturated rings. The molecule has 2 aliphatic rings. The van der Waals surface area contributed by atoms with Gasteiger partial charge in [-0.2, -0.15) is 0 Å². The Morgan fingerprint density at radius 2 is 1.89 bits per heavy atom. The number of nitrogens with one attached hydrogen (secondary N) is 2. The third kappa shape index (κ3) is 3.41. The molecule has 2 bridgehead atoms. The summed E-state index contributed by atoms with van der Waals surface area (Å²) in [6.45, 7) is 2.06. The van der Waals surface area contributed by atoms with Crippen LogP contribution in [0.5, 0.6) is 0 Å². The molecule has 2 aliphatic heterocycles. The second-order valence-electron chi connectivity index (χ2n) is 7.42. The van der Waals surface area contributed by atoms with Gasteiger partial charge in [0.25, 0.3) is 11.5 Å². The van der Waals surface area contributed by atoms with Crippen molar-refractivity contribution < 1.29 is 4.79 Å². The smallest absolute Gasteiger partial charge is 0.328 e. The monoisotopic (exact) mass is 392 g/mol. The molecule has 0 radical (unpaired) electrons. The van der Waals surface area contributed by atoms with Gasteiger partial charge in [0.1, 0.15) is 0 Å². The largest absolute Gasteiger partial charge is 0.339 e. The van der Waals surface area contributed by atoms with Crippen molar-refractivity contribution >= 4 is 29.2 Å². The molecule has 8 heteroatoms. The number of nitrogens with zero attached hydrogens (tertiary/aromatic N) is 2. The Morgan fingerprint density at radius 3 is 2.52 bits per heavy atom. The number of piperidine rings is 1. The summed E-state index contributed by atoms with van der Waals surface area (Å²) < 4.78 is 1.15. The Hall–Kier alpha value is -2.12. The van der Waals surface area contributed by atoms with Gasteiger partial charge < -0.3 is 15.2 Å². The predicted octanol–water partition coefficient (Wildman–Crippen LogP) is 1.49. The van der Waals surface area contributed by atoms with Crippen molar-refractivity contribution in [1.82, 2.24) is 19.8 Å². The first-order valence-corrected chi connectivity index (χ1v) is 9.28. The SMILES string of the molecule is CCn1c(=O)[nH]c2cc(C(=O)N(C)C3CC4CCC(C3)N4)ccc2c1=O.Cl. The van der Waals surface area contributed by atoms with Crippen LogP contribution in [0.3, 0.4) is 0 Å².